The van der Waals surface area contributed by atoms with Gasteiger partial charge in [0.05, 0.1) is 31.8 Å². The quantitative estimate of drug-likeness (QED) is 0.368. The van der Waals surface area contributed by atoms with Gasteiger partial charge in [0, 0.05) is 0 Å². The molecule has 1 unspecified atom stereocenters. The molecule has 0 aromatic heterocycles. The van der Waals surface area contributed by atoms with Crippen LogP contribution in [0.4, 0.5) is 0 Å². The van der Waals surface area contributed by atoms with Crippen LogP contribution in [-0.4, -0.2) is 46.9 Å². The van der Waals surface area contributed by atoms with Gasteiger partial charge in [-0.05, 0) is 0 Å². The van der Waals surface area contributed by atoms with Crippen LogP contribution in [0.25, 0.3) is 0 Å². The van der Waals surface area contributed by atoms with Gasteiger partial charge in [0.15, 0.2) is 0 Å². The lowest BCUT2D eigenvalue weighted by Crippen LogP contribution is -2.37. The molecule has 4 nitrogen and oxygen atoms in total. The summed E-state index contributed by atoms with van der Waals surface area (Å²) in [5.74, 6) is 0. The zero-order valence-electron chi connectivity index (χ0n) is 5.82. The maximum absolute atomic E-state index is 8.50. The molecule has 0 bridgehead atoms. The molecule has 0 aliphatic carbocycles. The molecule has 64 valence electrons. The van der Waals surface area contributed by atoms with Crippen molar-refractivity contribution in [1.82, 2.24) is 0 Å². The van der Waals surface area contributed by atoms with Crippen molar-refractivity contribution < 1.29 is 20.4 Å². The van der Waals surface area contributed by atoms with Crippen LogP contribution in [-0.2, 0) is 0 Å². The Labute approximate surface area is 63.1 Å². The molecule has 0 fully saturated rings. The Morgan fingerprint density at radius 3 is 0.900 bits per heavy atom. The van der Waals surface area contributed by atoms with Crippen molar-refractivity contribution in [1.29, 1.82) is 0 Å². The van der Waals surface area contributed by atoms with Crippen LogP contribution >= 0.6 is 9.90 Å². The monoisotopic (exact) mass is 170 g/mol. The number of aliphatic hydroxyl groups excluding tert-OH is 4. The van der Waals surface area contributed by atoms with Crippen LogP contribution in [0.1, 0.15) is 0 Å². The molecule has 0 amide bonds. The van der Waals surface area contributed by atoms with Gasteiger partial charge in [-0.1, -0.05) is 0 Å². The fourth-order valence-electron chi connectivity index (χ4n) is 0.300. The largest absolute Gasteiger partial charge is 0.396 e. The van der Waals surface area contributed by atoms with Gasteiger partial charge in [-0.25, -0.2) is 0 Å². The molecule has 1 atom stereocenters. The predicted molar refractivity (Wildman–Crippen MR) is 41.9 cm³/mol. The van der Waals surface area contributed by atoms with E-state index in [0.717, 1.165) is 0 Å². The normalized spacial score (nSPS) is 10.8. The Hall–Kier alpha value is 0.270. The second-order valence-corrected chi connectivity index (χ2v) is 2.13. The SMILES string of the molecule is OCC(CO)(CO)CO.P. The number of aliphatic hydroxyl groups is 4. The summed E-state index contributed by atoms with van der Waals surface area (Å²) < 4.78 is 0. The minimum absolute atomic E-state index is 0. The lowest BCUT2D eigenvalue weighted by molar-refractivity contribution is -0.0328. The first kappa shape index (κ1) is 12.9. The van der Waals surface area contributed by atoms with Gasteiger partial charge in [0.1, 0.15) is 0 Å². The first-order chi connectivity index (χ1) is 4.24. The molecule has 0 saturated carbocycles. The van der Waals surface area contributed by atoms with Crippen LogP contribution in [0.5, 0.6) is 0 Å². The average molecular weight is 170 g/mol. The van der Waals surface area contributed by atoms with Gasteiger partial charge in [-0.2, -0.15) is 9.90 Å². The summed E-state index contributed by atoms with van der Waals surface area (Å²) in [5, 5.41) is 34.0. The van der Waals surface area contributed by atoms with Gasteiger partial charge < -0.3 is 20.4 Å². The van der Waals surface area contributed by atoms with E-state index in [2.05, 4.69) is 0 Å². The number of rotatable bonds is 4. The highest BCUT2D eigenvalue weighted by Gasteiger charge is 2.26. The maximum Gasteiger partial charge on any atom is 0.0627 e. The Bertz CT molecular complexity index is 56.5. The molecule has 0 aromatic carbocycles. The molecule has 4 N–H and O–H groups in total. The van der Waals surface area contributed by atoms with Crippen molar-refractivity contribution in [3.63, 3.8) is 0 Å². The average Bonchev–Trinajstić information content (AvgIpc) is 1.95. The van der Waals surface area contributed by atoms with Gasteiger partial charge in [-0.15, -0.1) is 0 Å². The molecule has 0 saturated heterocycles. The van der Waals surface area contributed by atoms with Gasteiger partial charge in [0.2, 0.25) is 0 Å². The lowest BCUT2D eigenvalue weighted by atomic mass is 9.93. The van der Waals surface area contributed by atoms with E-state index < -0.39 is 31.8 Å². The van der Waals surface area contributed by atoms with Crippen LogP contribution in [0.2, 0.25) is 0 Å². The van der Waals surface area contributed by atoms with Crippen molar-refractivity contribution in [2.75, 3.05) is 26.4 Å². The minimum atomic E-state index is -1.11. The summed E-state index contributed by atoms with van der Waals surface area (Å²) >= 11 is 0. The lowest BCUT2D eigenvalue weighted by Gasteiger charge is -2.23. The first-order valence-corrected chi connectivity index (χ1v) is 2.68. The molecular weight excluding hydrogens is 155 g/mol. The van der Waals surface area contributed by atoms with E-state index in [1.165, 1.54) is 0 Å². The molecule has 0 radical (unpaired) electrons. The highest BCUT2D eigenvalue weighted by Crippen LogP contribution is 2.11. The second-order valence-electron chi connectivity index (χ2n) is 2.13. The van der Waals surface area contributed by atoms with E-state index in [1.54, 1.807) is 0 Å². The molecular formula is C5H15O4P. The van der Waals surface area contributed by atoms with Crippen molar-refractivity contribution in [3.05, 3.63) is 0 Å². The molecule has 5 heteroatoms. The zero-order valence-corrected chi connectivity index (χ0v) is 7.24. The molecule has 0 aromatic rings. The summed E-state index contributed by atoms with van der Waals surface area (Å²) in [5.41, 5.74) is -1.11. The fraction of sp³-hybridized carbons (Fsp3) is 1.00. The van der Waals surface area contributed by atoms with Gasteiger partial charge in [0.25, 0.3) is 0 Å². The summed E-state index contributed by atoms with van der Waals surface area (Å²) in [6, 6.07) is 0. The highest BCUT2D eigenvalue weighted by atomic mass is 31.0. The third-order valence-corrected chi connectivity index (χ3v) is 1.34. The van der Waals surface area contributed by atoms with E-state index in [-0.39, 0.29) is 9.90 Å². The van der Waals surface area contributed by atoms with E-state index >= 15 is 0 Å². The van der Waals surface area contributed by atoms with Crippen molar-refractivity contribution >= 4 is 9.90 Å². The Kier molecular flexibility index (Phi) is 7.76. The standard InChI is InChI=1S/C5H12O4.H3P/c6-1-5(2-7,3-8)4-9;/h6-9H,1-4H2;1H3. The number of hydrogen-bond donors (Lipinski definition) is 4. The van der Waals surface area contributed by atoms with E-state index in [4.69, 9.17) is 20.4 Å². The fourth-order valence-corrected chi connectivity index (χ4v) is 0.300. The van der Waals surface area contributed by atoms with Crippen molar-refractivity contribution in [3.8, 4) is 0 Å². The van der Waals surface area contributed by atoms with Gasteiger partial charge in [-0.3, -0.25) is 0 Å². The van der Waals surface area contributed by atoms with Crippen LogP contribution in [0.3, 0.4) is 0 Å². The third-order valence-electron chi connectivity index (χ3n) is 1.34. The Morgan fingerprint density at radius 2 is 0.900 bits per heavy atom. The smallest absolute Gasteiger partial charge is 0.0627 e. The van der Waals surface area contributed by atoms with Gasteiger partial charge >= 0.3 is 0 Å². The van der Waals surface area contributed by atoms with Crippen LogP contribution in [0.15, 0.2) is 0 Å². The maximum atomic E-state index is 8.50. The molecule has 0 rings (SSSR count). The minimum Gasteiger partial charge on any atom is -0.396 e. The zero-order chi connectivity index (χ0) is 7.33. The summed E-state index contributed by atoms with van der Waals surface area (Å²) in [4.78, 5) is 0. The summed E-state index contributed by atoms with van der Waals surface area (Å²) in [6.45, 7) is -1.62. The molecule has 0 aliphatic rings. The molecule has 0 spiro atoms. The Morgan fingerprint density at radius 1 is 0.700 bits per heavy atom. The third kappa shape index (κ3) is 2.90. The van der Waals surface area contributed by atoms with E-state index in [9.17, 15) is 0 Å². The van der Waals surface area contributed by atoms with Crippen molar-refractivity contribution in [2.24, 2.45) is 5.41 Å². The molecule has 10 heavy (non-hydrogen) atoms. The van der Waals surface area contributed by atoms with E-state index in [1.807, 2.05) is 0 Å². The highest BCUT2D eigenvalue weighted by molar-refractivity contribution is 6.92. The molecule has 0 aliphatic heterocycles. The number of hydrogen-bond acceptors (Lipinski definition) is 4. The van der Waals surface area contributed by atoms with Crippen molar-refractivity contribution in [2.45, 2.75) is 0 Å². The molecule has 0 heterocycles. The summed E-state index contributed by atoms with van der Waals surface area (Å²) in [6.07, 6.45) is 0. The second kappa shape index (κ2) is 6.01. The predicted octanol–water partition coefficient (Wildman–Crippen LogP) is -2.00. The summed E-state index contributed by atoms with van der Waals surface area (Å²) in [7, 11) is 0. The van der Waals surface area contributed by atoms with E-state index in [0.29, 0.717) is 0 Å². The van der Waals surface area contributed by atoms with Crippen LogP contribution < -0.4 is 0 Å². The Balaban J connectivity index is 0. The van der Waals surface area contributed by atoms with Crippen LogP contribution in [0, 0.1) is 5.41 Å². The first-order valence-electron chi connectivity index (χ1n) is 2.68. The topological polar surface area (TPSA) is 80.9 Å².